The second-order valence-electron chi connectivity index (χ2n) is 5.00. The highest BCUT2D eigenvalue weighted by Crippen LogP contribution is 2.21. The lowest BCUT2D eigenvalue weighted by atomic mass is 10.1. The average Bonchev–Trinajstić information content (AvgIpc) is 1.94. The van der Waals surface area contributed by atoms with Crippen molar-refractivity contribution >= 4 is 26.0 Å². The Hall–Kier alpha value is -0.530. The normalized spacial score (nSPS) is 18.1. The summed E-state index contributed by atoms with van der Waals surface area (Å²) in [4.78, 5) is 13.0. The Kier molecular flexibility index (Phi) is 3.95. The molecule has 1 fully saturated rings. The molecule has 0 aromatic heterocycles. The van der Waals surface area contributed by atoms with Crippen LogP contribution in [0.2, 0.25) is 0 Å². The molecule has 17 heavy (non-hydrogen) atoms. The predicted octanol–water partition coefficient (Wildman–Crippen LogP) is 1.02. The van der Waals surface area contributed by atoms with E-state index in [1.807, 2.05) is 0 Å². The molecule has 0 radical (unpaired) electrons. The van der Waals surface area contributed by atoms with Crippen LogP contribution in [0.15, 0.2) is 0 Å². The van der Waals surface area contributed by atoms with Crippen molar-refractivity contribution in [1.82, 2.24) is 9.21 Å². The molecule has 1 heterocycles. The fourth-order valence-corrected chi connectivity index (χ4v) is 2.17. The van der Waals surface area contributed by atoms with Crippen molar-refractivity contribution < 1.29 is 17.9 Å². The van der Waals surface area contributed by atoms with E-state index in [4.69, 9.17) is 15.4 Å². The fraction of sp³-hybridized carbons (Fsp3) is 0.889. The monoisotopic (exact) mass is 284 g/mol. The summed E-state index contributed by atoms with van der Waals surface area (Å²) in [6.07, 6.45) is -0.436. The number of likely N-dealkylation sites (tertiary alicyclic amines) is 1. The Labute approximate surface area is 106 Å². The first kappa shape index (κ1) is 14.5. The molecule has 1 aliphatic heterocycles. The van der Waals surface area contributed by atoms with Gasteiger partial charge in [-0.15, -0.1) is 0 Å². The summed E-state index contributed by atoms with van der Waals surface area (Å²) in [5.74, 6) is 0. The molecule has 100 valence electrons. The van der Waals surface area contributed by atoms with Gasteiger partial charge in [-0.25, -0.2) is 4.79 Å². The van der Waals surface area contributed by atoms with Crippen LogP contribution in [0.5, 0.6) is 0 Å². The van der Waals surface area contributed by atoms with E-state index in [2.05, 4.69) is 0 Å². The molecule has 0 spiro atoms. The van der Waals surface area contributed by atoms with E-state index in [1.165, 1.54) is 11.9 Å². The number of nitrogens with zero attached hydrogens (tertiary/aromatic N) is 2. The van der Waals surface area contributed by atoms with E-state index in [-0.39, 0.29) is 6.04 Å². The predicted molar refractivity (Wildman–Crippen MR) is 64.1 cm³/mol. The largest absolute Gasteiger partial charge is 0.444 e. The number of amides is 1. The SMILES string of the molecule is CN(C1CN(C(=O)OC(C)(C)C)C1)S(=O)(=O)Cl. The molecule has 0 saturated carbocycles. The number of hydrogen-bond donors (Lipinski definition) is 0. The van der Waals surface area contributed by atoms with Gasteiger partial charge in [0.2, 0.25) is 0 Å². The Morgan fingerprint density at radius 3 is 2.24 bits per heavy atom. The number of halogens is 1. The standard InChI is InChI=1S/C9H17ClN2O4S/c1-9(2,3)16-8(13)12-5-7(6-12)11(4)17(10,14)15/h7H,5-6H2,1-4H3. The summed E-state index contributed by atoms with van der Waals surface area (Å²) in [6.45, 7) is 5.93. The molecule has 1 rings (SSSR count). The maximum Gasteiger partial charge on any atom is 0.410 e. The topological polar surface area (TPSA) is 66.9 Å². The zero-order chi connectivity index (χ0) is 13.4. The van der Waals surface area contributed by atoms with Crippen LogP contribution in [-0.2, 0) is 14.0 Å². The van der Waals surface area contributed by atoms with Crippen molar-refractivity contribution in [3.05, 3.63) is 0 Å². The van der Waals surface area contributed by atoms with Crippen LogP contribution in [0.25, 0.3) is 0 Å². The van der Waals surface area contributed by atoms with Gasteiger partial charge in [0, 0.05) is 30.8 Å². The van der Waals surface area contributed by atoms with Gasteiger partial charge in [0.15, 0.2) is 0 Å². The average molecular weight is 285 g/mol. The molecule has 1 saturated heterocycles. The molecule has 0 N–H and O–H groups in total. The van der Waals surface area contributed by atoms with Gasteiger partial charge < -0.3 is 9.64 Å². The lowest BCUT2D eigenvalue weighted by Crippen LogP contribution is -2.61. The second-order valence-corrected chi connectivity index (χ2v) is 7.57. The molecule has 0 bridgehead atoms. The van der Waals surface area contributed by atoms with E-state index in [1.54, 1.807) is 20.8 Å². The molecular weight excluding hydrogens is 268 g/mol. The third kappa shape index (κ3) is 4.01. The minimum Gasteiger partial charge on any atom is -0.444 e. The van der Waals surface area contributed by atoms with Crippen molar-refractivity contribution in [3.8, 4) is 0 Å². The van der Waals surface area contributed by atoms with Crippen LogP contribution in [0.3, 0.4) is 0 Å². The van der Waals surface area contributed by atoms with Crippen LogP contribution in [-0.4, -0.2) is 55.5 Å². The van der Waals surface area contributed by atoms with Gasteiger partial charge in [-0.3, -0.25) is 0 Å². The second kappa shape index (κ2) is 4.62. The molecule has 6 nitrogen and oxygen atoms in total. The van der Waals surface area contributed by atoms with Gasteiger partial charge in [0.1, 0.15) is 5.60 Å². The summed E-state index contributed by atoms with van der Waals surface area (Å²) in [7, 11) is 2.86. The van der Waals surface area contributed by atoms with Crippen LogP contribution >= 0.6 is 10.7 Å². The Bertz CT molecular complexity index is 398. The molecule has 1 amide bonds. The summed E-state index contributed by atoms with van der Waals surface area (Å²) < 4.78 is 28.2. The molecule has 8 heteroatoms. The number of carbonyl (C=O) groups is 1. The summed E-state index contributed by atoms with van der Waals surface area (Å²) in [5, 5.41) is 0. The van der Waals surface area contributed by atoms with E-state index in [0.29, 0.717) is 13.1 Å². The fourth-order valence-electron chi connectivity index (χ4n) is 1.34. The molecule has 0 aliphatic carbocycles. The van der Waals surface area contributed by atoms with Gasteiger partial charge in [-0.2, -0.15) is 12.7 Å². The first-order chi connectivity index (χ1) is 7.50. The Morgan fingerprint density at radius 2 is 1.88 bits per heavy atom. The summed E-state index contributed by atoms with van der Waals surface area (Å²) in [5.41, 5.74) is -0.549. The minimum atomic E-state index is -3.72. The maximum absolute atomic E-state index is 11.6. The summed E-state index contributed by atoms with van der Waals surface area (Å²) in [6, 6.07) is -0.273. The van der Waals surface area contributed by atoms with Crippen LogP contribution in [0.1, 0.15) is 20.8 Å². The van der Waals surface area contributed by atoms with Crippen molar-refractivity contribution in [3.63, 3.8) is 0 Å². The van der Waals surface area contributed by atoms with Crippen LogP contribution in [0, 0.1) is 0 Å². The zero-order valence-corrected chi connectivity index (χ0v) is 11.9. The third-order valence-corrected chi connectivity index (χ3v) is 4.01. The highest BCUT2D eigenvalue weighted by molar-refractivity contribution is 8.11. The van der Waals surface area contributed by atoms with Crippen molar-refractivity contribution in [2.45, 2.75) is 32.4 Å². The molecular formula is C9H17ClN2O4S. The minimum absolute atomic E-state index is 0.273. The molecule has 0 atom stereocenters. The van der Waals surface area contributed by atoms with E-state index in [0.717, 1.165) is 4.31 Å². The third-order valence-electron chi connectivity index (χ3n) is 2.37. The Morgan fingerprint density at radius 1 is 1.41 bits per heavy atom. The van der Waals surface area contributed by atoms with Crippen LogP contribution in [0.4, 0.5) is 4.79 Å². The number of rotatable bonds is 2. The van der Waals surface area contributed by atoms with Crippen molar-refractivity contribution in [2.75, 3.05) is 20.1 Å². The molecule has 0 aromatic rings. The van der Waals surface area contributed by atoms with Crippen LogP contribution < -0.4 is 0 Å². The number of ether oxygens (including phenoxy) is 1. The van der Waals surface area contributed by atoms with E-state index in [9.17, 15) is 13.2 Å². The van der Waals surface area contributed by atoms with E-state index < -0.39 is 20.9 Å². The Balaban J connectivity index is 2.45. The zero-order valence-electron chi connectivity index (χ0n) is 10.3. The molecule has 0 unspecified atom stereocenters. The molecule has 1 aliphatic rings. The highest BCUT2D eigenvalue weighted by atomic mass is 35.7. The van der Waals surface area contributed by atoms with Gasteiger partial charge in [0.05, 0.1) is 6.04 Å². The number of hydrogen-bond acceptors (Lipinski definition) is 4. The molecule has 0 aromatic carbocycles. The van der Waals surface area contributed by atoms with Gasteiger partial charge in [-0.1, -0.05) is 0 Å². The lowest BCUT2D eigenvalue weighted by Gasteiger charge is -2.42. The smallest absolute Gasteiger partial charge is 0.410 e. The summed E-state index contributed by atoms with van der Waals surface area (Å²) >= 11 is 0. The first-order valence-electron chi connectivity index (χ1n) is 5.16. The van der Waals surface area contributed by atoms with Gasteiger partial charge in [0.25, 0.3) is 9.24 Å². The highest BCUT2D eigenvalue weighted by Gasteiger charge is 2.39. The number of carbonyl (C=O) groups excluding carboxylic acids is 1. The number of likely N-dealkylation sites (N-methyl/N-ethyl adjacent to an activating group) is 1. The van der Waals surface area contributed by atoms with Crippen molar-refractivity contribution in [2.24, 2.45) is 0 Å². The first-order valence-corrected chi connectivity index (χ1v) is 7.43. The van der Waals surface area contributed by atoms with Gasteiger partial charge >= 0.3 is 6.09 Å². The maximum atomic E-state index is 11.6. The lowest BCUT2D eigenvalue weighted by molar-refractivity contribution is -0.00113. The van der Waals surface area contributed by atoms with E-state index >= 15 is 0 Å². The van der Waals surface area contributed by atoms with Gasteiger partial charge in [-0.05, 0) is 20.8 Å². The quantitative estimate of drug-likeness (QED) is 0.710. The van der Waals surface area contributed by atoms with Crippen molar-refractivity contribution in [1.29, 1.82) is 0 Å².